The predicted octanol–water partition coefficient (Wildman–Crippen LogP) is 2.71. The summed E-state index contributed by atoms with van der Waals surface area (Å²) in [6, 6.07) is -0.887. The third kappa shape index (κ3) is 3.30. The van der Waals surface area contributed by atoms with Crippen LogP contribution in [0, 0.1) is 18.2 Å². The Bertz CT molecular complexity index is 1310. The minimum Gasteiger partial charge on any atom is -0.477 e. The average molecular weight is 482 g/mol. The van der Waals surface area contributed by atoms with E-state index in [0.717, 1.165) is 12.8 Å². The van der Waals surface area contributed by atoms with Crippen molar-refractivity contribution in [2.45, 2.75) is 50.9 Å². The van der Waals surface area contributed by atoms with Crippen molar-refractivity contribution in [3.05, 3.63) is 33.4 Å². The molecule has 1 saturated heterocycles. The predicted molar refractivity (Wildman–Crippen MR) is 114 cm³/mol. The number of carbonyl (C=O) groups excluding carboxylic acids is 1. The van der Waals surface area contributed by atoms with E-state index in [2.05, 4.69) is 5.32 Å². The Morgan fingerprint density at radius 2 is 1.91 bits per heavy atom. The van der Waals surface area contributed by atoms with Crippen LogP contribution in [0.5, 0.6) is 0 Å². The van der Waals surface area contributed by atoms with Gasteiger partial charge in [0.1, 0.15) is 5.56 Å². The van der Waals surface area contributed by atoms with Crippen LogP contribution in [0.3, 0.4) is 0 Å². The molecule has 1 atom stereocenters. The number of halogens is 4. The van der Waals surface area contributed by atoms with Crippen molar-refractivity contribution >= 4 is 34.2 Å². The van der Waals surface area contributed by atoms with Crippen LogP contribution in [0.15, 0.2) is 11.0 Å². The quantitative estimate of drug-likeness (QED) is 0.456. The van der Waals surface area contributed by atoms with Gasteiger partial charge in [-0.1, -0.05) is 0 Å². The molecule has 5 rings (SSSR count). The minimum atomic E-state index is -5.03. The zero-order valence-corrected chi connectivity index (χ0v) is 18.1. The molecule has 1 spiro atoms. The van der Waals surface area contributed by atoms with Crippen molar-refractivity contribution in [2.75, 3.05) is 23.7 Å². The van der Waals surface area contributed by atoms with Crippen molar-refractivity contribution in [2.24, 2.45) is 5.41 Å². The van der Waals surface area contributed by atoms with Crippen LogP contribution < -0.4 is 21.4 Å². The van der Waals surface area contributed by atoms with Crippen LogP contribution in [0.2, 0.25) is 0 Å². The zero-order chi connectivity index (χ0) is 24.7. The van der Waals surface area contributed by atoms with Crippen molar-refractivity contribution in [1.82, 2.24) is 9.88 Å². The molecule has 1 amide bonds. The topological polar surface area (TPSA) is 118 Å². The van der Waals surface area contributed by atoms with Crippen molar-refractivity contribution in [3.8, 4) is 0 Å². The molecule has 12 heteroatoms. The van der Waals surface area contributed by atoms with Crippen LogP contribution >= 0.6 is 0 Å². The number of alkyl halides is 3. The van der Waals surface area contributed by atoms with Crippen LogP contribution in [-0.4, -0.2) is 46.9 Å². The number of hydrogen-bond acceptors (Lipinski definition) is 5. The Hall–Kier alpha value is -3.31. The summed E-state index contributed by atoms with van der Waals surface area (Å²) in [5.41, 5.74) is 4.28. The average Bonchev–Trinajstić information content (AvgIpc) is 3.65. The number of nitrogens with zero attached hydrogens (tertiary/aromatic N) is 2. The Balaban J connectivity index is 1.64. The largest absolute Gasteiger partial charge is 0.477 e. The maximum atomic E-state index is 15.6. The second-order valence-electron chi connectivity index (χ2n) is 9.51. The second-order valence-corrected chi connectivity index (χ2v) is 9.51. The first-order chi connectivity index (χ1) is 15.9. The normalized spacial score (nSPS) is 21.3. The molecule has 34 heavy (non-hydrogen) atoms. The first kappa shape index (κ1) is 22.5. The highest BCUT2D eigenvalue weighted by molar-refractivity contribution is 6.01. The molecular weight excluding hydrogens is 460 g/mol. The number of hydrogen-bond donors (Lipinski definition) is 3. The molecule has 3 fully saturated rings. The number of amides is 1. The van der Waals surface area contributed by atoms with E-state index in [-0.39, 0.29) is 30.2 Å². The number of carboxylic acid groups (broad SMARTS) is 1. The fraction of sp³-hybridized carbons (Fsp3) is 0.500. The monoisotopic (exact) mass is 482 g/mol. The Kier molecular flexibility index (Phi) is 4.69. The van der Waals surface area contributed by atoms with Crippen molar-refractivity contribution in [1.29, 1.82) is 0 Å². The second kappa shape index (κ2) is 7.09. The van der Waals surface area contributed by atoms with Crippen LogP contribution in [0.1, 0.15) is 47.6 Å². The molecule has 182 valence electrons. The summed E-state index contributed by atoms with van der Waals surface area (Å²) in [6.45, 7) is 1.75. The van der Waals surface area contributed by atoms with Gasteiger partial charge in [-0.25, -0.2) is 9.18 Å². The highest BCUT2D eigenvalue weighted by Gasteiger charge is 2.57. The van der Waals surface area contributed by atoms with E-state index in [9.17, 15) is 32.7 Å². The van der Waals surface area contributed by atoms with E-state index < -0.39 is 52.0 Å². The Labute approximate surface area is 190 Å². The van der Waals surface area contributed by atoms with Gasteiger partial charge in [-0.2, -0.15) is 13.2 Å². The number of nitrogens with two attached hydrogens (primary N) is 1. The van der Waals surface area contributed by atoms with E-state index in [4.69, 9.17) is 5.73 Å². The summed E-state index contributed by atoms with van der Waals surface area (Å²) >= 11 is 0. The van der Waals surface area contributed by atoms with Crippen molar-refractivity contribution in [3.63, 3.8) is 0 Å². The maximum Gasteiger partial charge on any atom is 0.471 e. The third-order valence-corrected chi connectivity index (χ3v) is 7.25. The van der Waals surface area contributed by atoms with Gasteiger partial charge in [-0.3, -0.25) is 9.59 Å². The number of carbonyl (C=O) groups is 2. The highest BCUT2D eigenvalue weighted by atomic mass is 19.4. The number of anilines is 2. The molecule has 4 N–H and O–H groups in total. The Morgan fingerprint density at radius 3 is 2.44 bits per heavy atom. The lowest BCUT2D eigenvalue weighted by atomic mass is 10.0. The molecule has 1 aromatic carbocycles. The standard InChI is InChI=1S/C22H22F4N4O4/c1-9-16-13(18(31)11(19(32)33)6-30(16)10-2-3-10)15(27)14(23)17(9)29-7-12(21(8-29)4-5-21)28-20(34)22(24,25)26/h6,10,12H,2-5,7-8,27H2,1H3,(H,28,34)(H,32,33). The van der Waals surface area contributed by atoms with Gasteiger partial charge in [0.05, 0.1) is 28.3 Å². The smallest absolute Gasteiger partial charge is 0.471 e. The summed E-state index contributed by atoms with van der Waals surface area (Å²) in [7, 11) is 0. The molecule has 1 aromatic heterocycles. The molecule has 3 aliphatic rings. The SMILES string of the molecule is Cc1c(N2CC(NC(=O)C(F)(F)F)C3(CC3)C2)c(F)c(N)c2c(=O)c(C(=O)O)cn(C3CC3)c12. The molecular formula is C22H22F4N4O4. The molecule has 0 radical (unpaired) electrons. The van der Waals surface area contributed by atoms with Crippen LogP contribution in [0.4, 0.5) is 28.9 Å². The number of pyridine rings is 1. The summed E-state index contributed by atoms with van der Waals surface area (Å²) in [5.74, 6) is -4.41. The van der Waals surface area contributed by atoms with Gasteiger partial charge in [-0.05, 0) is 38.2 Å². The molecule has 2 aromatic rings. The number of aryl methyl sites for hydroxylation is 1. The molecule has 1 aliphatic heterocycles. The molecule has 2 saturated carbocycles. The molecule has 2 heterocycles. The third-order valence-electron chi connectivity index (χ3n) is 7.25. The van der Waals surface area contributed by atoms with Gasteiger partial charge in [-0.15, -0.1) is 0 Å². The molecule has 0 bridgehead atoms. The fourth-order valence-corrected chi connectivity index (χ4v) is 5.19. The number of nitrogen functional groups attached to an aromatic ring is 1. The fourth-order valence-electron chi connectivity index (χ4n) is 5.19. The minimum absolute atomic E-state index is 0.0502. The van der Waals surface area contributed by atoms with E-state index in [1.54, 1.807) is 16.4 Å². The number of aromatic carboxylic acids is 1. The highest BCUT2D eigenvalue weighted by Crippen LogP contribution is 2.55. The summed E-state index contributed by atoms with van der Waals surface area (Å²) in [5, 5.41) is 11.3. The van der Waals surface area contributed by atoms with Gasteiger partial charge in [0.15, 0.2) is 5.82 Å². The zero-order valence-electron chi connectivity index (χ0n) is 18.1. The molecule has 1 unspecified atom stereocenters. The number of rotatable bonds is 4. The van der Waals surface area contributed by atoms with E-state index >= 15 is 4.39 Å². The van der Waals surface area contributed by atoms with Gasteiger partial charge in [0.2, 0.25) is 5.43 Å². The number of aromatic nitrogens is 1. The van der Waals surface area contributed by atoms with Crippen LogP contribution in [0.25, 0.3) is 10.9 Å². The lowest BCUT2D eigenvalue weighted by Gasteiger charge is -2.25. The van der Waals surface area contributed by atoms with Gasteiger partial charge < -0.3 is 25.6 Å². The number of carboxylic acids is 1. The number of benzene rings is 1. The summed E-state index contributed by atoms with van der Waals surface area (Å²) in [6.07, 6.45) is -1.10. The van der Waals surface area contributed by atoms with Gasteiger partial charge in [0, 0.05) is 30.7 Å². The van der Waals surface area contributed by atoms with Gasteiger partial charge in [0.25, 0.3) is 0 Å². The number of nitrogens with one attached hydrogen (secondary N) is 1. The lowest BCUT2D eigenvalue weighted by molar-refractivity contribution is -0.174. The lowest BCUT2D eigenvalue weighted by Crippen LogP contribution is -2.47. The first-order valence-corrected chi connectivity index (χ1v) is 10.9. The molecule has 8 nitrogen and oxygen atoms in total. The van der Waals surface area contributed by atoms with E-state index in [1.165, 1.54) is 6.20 Å². The van der Waals surface area contributed by atoms with Crippen molar-refractivity contribution < 1.29 is 32.3 Å². The van der Waals surface area contributed by atoms with E-state index in [1.807, 2.05) is 0 Å². The maximum absolute atomic E-state index is 15.6. The van der Waals surface area contributed by atoms with Crippen LogP contribution in [-0.2, 0) is 4.79 Å². The summed E-state index contributed by atoms with van der Waals surface area (Å²) < 4.78 is 55.7. The summed E-state index contributed by atoms with van der Waals surface area (Å²) in [4.78, 5) is 37.6. The first-order valence-electron chi connectivity index (χ1n) is 10.9. The Morgan fingerprint density at radius 1 is 1.26 bits per heavy atom. The number of fused-ring (bicyclic) bond motifs is 1. The van der Waals surface area contributed by atoms with Gasteiger partial charge >= 0.3 is 18.1 Å². The molecule has 2 aliphatic carbocycles. The van der Waals surface area contributed by atoms with E-state index in [0.29, 0.717) is 23.9 Å².